The minimum atomic E-state index is -0.370. The van der Waals surface area contributed by atoms with Crippen molar-refractivity contribution in [3.63, 3.8) is 0 Å². The van der Waals surface area contributed by atoms with Crippen LogP contribution in [0.15, 0.2) is 69.6 Å². The number of carbonyl (C=O) groups is 1. The third-order valence-corrected chi connectivity index (χ3v) is 5.62. The first-order valence-electron chi connectivity index (χ1n) is 8.03. The summed E-state index contributed by atoms with van der Waals surface area (Å²) in [6, 6.07) is 17.7. The van der Waals surface area contributed by atoms with Crippen LogP contribution in [0.5, 0.6) is 0 Å². The Balaban J connectivity index is 1.46. The molecule has 0 saturated heterocycles. The molecule has 5 nitrogen and oxygen atoms in total. The molecule has 0 radical (unpaired) electrons. The maximum absolute atomic E-state index is 12.6. The third kappa shape index (κ3) is 3.49. The van der Waals surface area contributed by atoms with E-state index in [1.807, 2.05) is 66.9 Å². The molecule has 0 unspecified atom stereocenters. The topological polar surface area (TPSA) is 68.0 Å². The van der Waals surface area contributed by atoms with Gasteiger partial charge in [-0.1, -0.05) is 54.2 Å². The van der Waals surface area contributed by atoms with Crippen LogP contribution in [0, 0.1) is 0 Å². The lowest BCUT2D eigenvalue weighted by atomic mass is 10.1. The average Bonchev–Trinajstić information content (AvgIpc) is 3.33. The van der Waals surface area contributed by atoms with Crippen molar-refractivity contribution < 1.29 is 9.21 Å². The molecule has 0 aliphatic rings. The van der Waals surface area contributed by atoms with Crippen molar-refractivity contribution >= 4 is 45.5 Å². The molecule has 1 amide bonds. The lowest BCUT2D eigenvalue weighted by Gasteiger charge is -2.12. The number of amides is 1. The number of hydrogen-bond donors (Lipinski definition) is 1. The Bertz CT molecular complexity index is 1040. The summed E-state index contributed by atoms with van der Waals surface area (Å²) in [6.45, 7) is 1.82. The Kier molecular flexibility index (Phi) is 4.73. The molecule has 0 spiro atoms. The Hall–Kier alpha value is -2.64. The first kappa shape index (κ1) is 16.8. The second-order valence-corrected chi connectivity index (χ2v) is 7.87. The van der Waals surface area contributed by atoms with Gasteiger partial charge < -0.3 is 9.73 Å². The van der Waals surface area contributed by atoms with Crippen molar-refractivity contribution in [1.29, 1.82) is 0 Å². The van der Waals surface area contributed by atoms with E-state index in [0.717, 1.165) is 21.3 Å². The normalized spacial score (nSPS) is 12.2. The van der Waals surface area contributed by atoms with Crippen LogP contribution in [0.1, 0.15) is 6.92 Å². The molecule has 0 fully saturated rings. The molecule has 4 aromatic rings. The fourth-order valence-corrected chi connectivity index (χ4v) is 3.86. The number of thiophene rings is 1. The van der Waals surface area contributed by atoms with E-state index in [1.165, 1.54) is 23.1 Å². The van der Waals surface area contributed by atoms with Gasteiger partial charge in [-0.25, -0.2) is 0 Å². The molecule has 2 heterocycles. The molecular formula is C19H15N3O2S2. The van der Waals surface area contributed by atoms with E-state index in [-0.39, 0.29) is 11.2 Å². The maximum atomic E-state index is 12.6. The third-order valence-electron chi connectivity index (χ3n) is 3.83. The van der Waals surface area contributed by atoms with Crippen LogP contribution >= 0.6 is 23.1 Å². The lowest BCUT2D eigenvalue weighted by Crippen LogP contribution is -2.22. The number of carbonyl (C=O) groups excluding carboxylic acids is 1. The first-order valence-corrected chi connectivity index (χ1v) is 9.79. The monoisotopic (exact) mass is 381 g/mol. The molecule has 2 aromatic heterocycles. The van der Waals surface area contributed by atoms with Crippen molar-refractivity contribution in [2.45, 2.75) is 17.4 Å². The van der Waals surface area contributed by atoms with Crippen molar-refractivity contribution in [2.75, 3.05) is 5.32 Å². The van der Waals surface area contributed by atoms with Gasteiger partial charge in [0.1, 0.15) is 0 Å². The van der Waals surface area contributed by atoms with Gasteiger partial charge in [-0.2, -0.15) is 0 Å². The van der Waals surface area contributed by atoms with Crippen LogP contribution in [0.2, 0.25) is 0 Å². The average molecular weight is 381 g/mol. The summed E-state index contributed by atoms with van der Waals surface area (Å²) in [4.78, 5) is 13.5. The molecule has 1 atom stereocenters. The lowest BCUT2D eigenvalue weighted by molar-refractivity contribution is -0.115. The first-order chi connectivity index (χ1) is 12.7. The summed E-state index contributed by atoms with van der Waals surface area (Å²) in [6.07, 6.45) is 0. The number of nitrogens with one attached hydrogen (secondary N) is 1. The molecule has 26 heavy (non-hydrogen) atoms. The Morgan fingerprint density at radius 1 is 1.12 bits per heavy atom. The molecule has 0 aliphatic heterocycles. The van der Waals surface area contributed by atoms with Gasteiger partial charge in [-0.15, -0.1) is 21.5 Å². The number of fused-ring (bicyclic) bond motifs is 1. The highest BCUT2D eigenvalue weighted by molar-refractivity contribution is 8.00. The number of nitrogens with zero attached hydrogens (tertiary/aromatic N) is 2. The van der Waals surface area contributed by atoms with Crippen LogP contribution in [-0.4, -0.2) is 21.4 Å². The van der Waals surface area contributed by atoms with Gasteiger partial charge >= 0.3 is 0 Å². The number of benzene rings is 2. The molecule has 1 N–H and O–H groups in total. The minimum absolute atomic E-state index is 0.109. The van der Waals surface area contributed by atoms with Gasteiger partial charge in [-0.3, -0.25) is 4.79 Å². The number of aromatic nitrogens is 2. The highest BCUT2D eigenvalue weighted by atomic mass is 32.2. The fourth-order valence-electron chi connectivity index (χ4n) is 2.53. The molecule has 0 saturated carbocycles. The van der Waals surface area contributed by atoms with Crippen molar-refractivity contribution in [3.8, 4) is 10.8 Å². The van der Waals surface area contributed by atoms with E-state index < -0.39 is 0 Å². The Morgan fingerprint density at radius 3 is 2.81 bits per heavy atom. The number of rotatable bonds is 5. The summed E-state index contributed by atoms with van der Waals surface area (Å²) >= 11 is 2.78. The molecule has 2 aromatic carbocycles. The van der Waals surface area contributed by atoms with Gasteiger partial charge in [-0.05, 0) is 29.8 Å². The van der Waals surface area contributed by atoms with E-state index in [1.54, 1.807) is 0 Å². The van der Waals surface area contributed by atoms with Crippen molar-refractivity contribution in [1.82, 2.24) is 10.2 Å². The van der Waals surface area contributed by atoms with Crippen LogP contribution in [-0.2, 0) is 4.79 Å². The van der Waals surface area contributed by atoms with Gasteiger partial charge in [0.05, 0.1) is 10.1 Å². The predicted octanol–water partition coefficient (Wildman–Crippen LogP) is 5.07. The smallest absolute Gasteiger partial charge is 0.277 e. The van der Waals surface area contributed by atoms with E-state index in [4.69, 9.17) is 4.42 Å². The molecule has 0 aliphatic carbocycles. The Morgan fingerprint density at radius 2 is 1.96 bits per heavy atom. The summed E-state index contributed by atoms with van der Waals surface area (Å²) in [7, 11) is 0. The van der Waals surface area contributed by atoms with Crippen molar-refractivity contribution in [3.05, 3.63) is 60.0 Å². The fraction of sp³-hybridized carbons (Fsp3) is 0.105. The zero-order chi connectivity index (χ0) is 17.9. The molecular weight excluding hydrogens is 366 g/mol. The highest BCUT2D eigenvalue weighted by Crippen LogP contribution is 2.29. The summed E-state index contributed by atoms with van der Waals surface area (Å²) in [5.41, 5.74) is 0.797. The molecule has 0 bridgehead atoms. The minimum Gasteiger partial charge on any atom is -0.410 e. The molecule has 4 rings (SSSR count). The van der Waals surface area contributed by atoms with E-state index >= 15 is 0 Å². The van der Waals surface area contributed by atoms with E-state index in [0.29, 0.717) is 11.1 Å². The second kappa shape index (κ2) is 7.31. The zero-order valence-electron chi connectivity index (χ0n) is 13.9. The molecule has 7 heteroatoms. The maximum Gasteiger partial charge on any atom is 0.277 e. The van der Waals surface area contributed by atoms with Gasteiger partial charge in [0.25, 0.3) is 11.1 Å². The van der Waals surface area contributed by atoms with Gasteiger partial charge in [0.2, 0.25) is 5.91 Å². The summed E-state index contributed by atoms with van der Waals surface area (Å²) in [5.74, 6) is 0.367. The second-order valence-electron chi connectivity index (χ2n) is 5.63. The van der Waals surface area contributed by atoms with Crippen LogP contribution in [0.25, 0.3) is 21.5 Å². The van der Waals surface area contributed by atoms with E-state index in [9.17, 15) is 4.79 Å². The summed E-state index contributed by atoms with van der Waals surface area (Å²) in [5, 5.41) is 15.1. The Labute approximate surface area is 158 Å². The standard InChI is InChI=1S/C19H15N3O2S2/c1-12(26-19-22-21-18(24-19)16-10-5-11-25-16)17(23)20-15-9-4-7-13-6-2-3-8-14(13)15/h2-12H,1H3,(H,20,23)/t12-/m0/s1. The number of hydrogen-bond acceptors (Lipinski definition) is 6. The van der Waals surface area contributed by atoms with E-state index in [2.05, 4.69) is 15.5 Å². The SMILES string of the molecule is C[C@H](Sc1nnc(-c2cccs2)o1)C(=O)Nc1cccc2ccccc12. The summed E-state index contributed by atoms with van der Waals surface area (Å²) < 4.78 is 5.64. The van der Waals surface area contributed by atoms with Crippen LogP contribution < -0.4 is 5.32 Å². The largest absolute Gasteiger partial charge is 0.410 e. The quantitative estimate of drug-likeness (QED) is 0.489. The predicted molar refractivity (Wildman–Crippen MR) is 106 cm³/mol. The van der Waals surface area contributed by atoms with Gasteiger partial charge in [0, 0.05) is 11.1 Å². The zero-order valence-corrected chi connectivity index (χ0v) is 15.5. The number of thioether (sulfide) groups is 1. The molecule has 130 valence electrons. The van der Waals surface area contributed by atoms with Gasteiger partial charge in [0.15, 0.2) is 0 Å². The highest BCUT2D eigenvalue weighted by Gasteiger charge is 2.19. The van der Waals surface area contributed by atoms with Crippen LogP contribution in [0.4, 0.5) is 5.69 Å². The number of anilines is 1. The van der Waals surface area contributed by atoms with Crippen molar-refractivity contribution in [2.24, 2.45) is 0 Å². The van der Waals surface area contributed by atoms with Crippen LogP contribution in [0.3, 0.4) is 0 Å².